The molecule has 1 unspecified atom stereocenters. The number of hydrogen-bond donors (Lipinski definition) is 1. The number of halogens is 1. The minimum Gasteiger partial charge on any atom is -0.491 e. The van der Waals surface area contributed by atoms with Gasteiger partial charge in [-0.05, 0) is 62.7 Å². The van der Waals surface area contributed by atoms with Gasteiger partial charge in [-0.15, -0.1) is 0 Å². The van der Waals surface area contributed by atoms with Gasteiger partial charge in [-0.2, -0.15) is 0 Å². The first-order valence-electron chi connectivity index (χ1n) is 7.27. The van der Waals surface area contributed by atoms with E-state index in [9.17, 15) is 0 Å². The zero-order valence-electron chi connectivity index (χ0n) is 12.8. The third kappa shape index (κ3) is 4.87. The van der Waals surface area contributed by atoms with Crippen LogP contribution in [0.4, 0.5) is 0 Å². The van der Waals surface area contributed by atoms with Crippen molar-refractivity contribution in [3.63, 3.8) is 0 Å². The number of hydrogen-bond acceptors (Lipinski definition) is 2. The van der Waals surface area contributed by atoms with Crippen LogP contribution in [-0.2, 0) is 6.42 Å². The zero-order valence-corrected chi connectivity index (χ0v) is 14.4. The molecule has 1 N–H and O–H groups in total. The SMILES string of the molecule is CNC(Cc1cccc(Br)c1)c1cccc(OC(C)C)c1. The minimum atomic E-state index is 0.193. The van der Waals surface area contributed by atoms with Crippen LogP contribution in [0.25, 0.3) is 0 Å². The van der Waals surface area contributed by atoms with Crippen LogP contribution >= 0.6 is 15.9 Å². The summed E-state index contributed by atoms with van der Waals surface area (Å²) in [5.74, 6) is 0.928. The van der Waals surface area contributed by atoms with Crippen LogP contribution in [0, 0.1) is 0 Å². The Labute approximate surface area is 135 Å². The number of rotatable bonds is 6. The molecule has 2 nitrogen and oxygen atoms in total. The molecule has 0 aliphatic heterocycles. The first-order chi connectivity index (χ1) is 10.1. The van der Waals surface area contributed by atoms with Crippen LogP contribution in [0.3, 0.4) is 0 Å². The van der Waals surface area contributed by atoms with Crippen LogP contribution in [0.1, 0.15) is 31.0 Å². The van der Waals surface area contributed by atoms with Gasteiger partial charge in [0.1, 0.15) is 5.75 Å². The van der Waals surface area contributed by atoms with Crippen LogP contribution in [0.2, 0.25) is 0 Å². The fourth-order valence-corrected chi connectivity index (χ4v) is 2.81. The van der Waals surface area contributed by atoms with E-state index in [-0.39, 0.29) is 12.1 Å². The molecule has 0 bridgehead atoms. The van der Waals surface area contributed by atoms with Gasteiger partial charge in [0, 0.05) is 10.5 Å². The molecule has 2 rings (SSSR count). The molecule has 0 aliphatic rings. The van der Waals surface area contributed by atoms with Crippen LogP contribution in [0.15, 0.2) is 53.0 Å². The van der Waals surface area contributed by atoms with Gasteiger partial charge in [-0.1, -0.05) is 40.2 Å². The van der Waals surface area contributed by atoms with Crippen molar-refractivity contribution in [1.29, 1.82) is 0 Å². The van der Waals surface area contributed by atoms with E-state index in [0.29, 0.717) is 0 Å². The van der Waals surface area contributed by atoms with E-state index in [1.807, 2.05) is 27.0 Å². The van der Waals surface area contributed by atoms with Crippen molar-refractivity contribution in [3.8, 4) is 5.75 Å². The normalized spacial score (nSPS) is 12.4. The van der Waals surface area contributed by atoms with Crippen molar-refractivity contribution in [2.24, 2.45) is 0 Å². The molecule has 2 aromatic carbocycles. The topological polar surface area (TPSA) is 21.3 Å². The molecule has 0 saturated carbocycles. The zero-order chi connectivity index (χ0) is 15.2. The molecule has 0 aromatic heterocycles. The molecule has 0 fully saturated rings. The van der Waals surface area contributed by atoms with E-state index < -0.39 is 0 Å². The Morgan fingerprint density at radius 1 is 1.10 bits per heavy atom. The van der Waals surface area contributed by atoms with Crippen LogP contribution < -0.4 is 10.1 Å². The summed E-state index contributed by atoms with van der Waals surface area (Å²) in [6.07, 6.45) is 1.14. The molecule has 0 spiro atoms. The van der Waals surface area contributed by atoms with Gasteiger partial charge in [0.25, 0.3) is 0 Å². The lowest BCUT2D eigenvalue weighted by Gasteiger charge is -2.18. The lowest BCUT2D eigenvalue weighted by molar-refractivity contribution is 0.242. The molecular formula is C18H22BrNO. The average Bonchev–Trinajstić information content (AvgIpc) is 2.44. The summed E-state index contributed by atoms with van der Waals surface area (Å²) < 4.78 is 6.90. The molecule has 0 radical (unpaired) electrons. The van der Waals surface area contributed by atoms with E-state index in [2.05, 4.69) is 63.7 Å². The predicted octanol–water partition coefficient (Wildman–Crippen LogP) is 4.74. The maximum absolute atomic E-state index is 5.78. The highest BCUT2D eigenvalue weighted by atomic mass is 79.9. The van der Waals surface area contributed by atoms with Crippen molar-refractivity contribution in [2.45, 2.75) is 32.4 Å². The molecule has 0 amide bonds. The quantitative estimate of drug-likeness (QED) is 0.814. The predicted molar refractivity (Wildman–Crippen MR) is 91.9 cm³/mol. The molecule has 112 valence electrons. The Morgan fingerprint density at radius 2 is 1.86 bits per heavy atom. The Kier molecular flexibility index (Phi) is 5.83. The monoisotopic (exact) mass is 347 g/mol. The minimum absolute atomic E-state index is 0.193. The van der Waals surface area contributed by atoms with Crippen molar-refractivity contribution < 1.29 is 4.74 Å². The maximum atomic E-state index is 5.78. The van der Waals surface area contributed by atoms with E-state index in [4.69, 9.17) is 4.74 Å². The molecule has 0 aliphatic carbocycles. The van der Waals surface area contributed by atoms with Gasteiger partial charge in [0.05, 0.1) is 6.10 Å². The number of ether oxygens (including phenoxy) is 1. The number of likely N-dealkylation sites (N-methyl/N-ethyl adjacent to an activating group) is 1. The summed E-state index contributed by atoms with van der Waals surface area (Å²) in [7, 11) is 2.00. The van der Waals surface area contributed by atoms with Gasteiger partial charge in [-0.3, -0.25) is 0 Å². The van der Waals surface area contributed by atoms with Gasteiger partial charge in [-0.25, -0.2) is 0 Å². The third-order valence-electron chi connectivity index (χ3n) is 3.31. The Hall–Kier alpha value is -1.32. The van der Waals surface area contributed by atoms with Gasteiger partial charge >= 0.3 is 0 Å². The van der Waals surface area contributed by atoms with Gasteiger partial charge in [0.15, 0.2) is 0 Å². The second-order valence-corrected chi connectivity index (χ2v) is 6.33. The first-order valence-corrected chi connectivity index (χ1v) is 8.06. The van der Waals surface area contributed by atoms with E-state index in [0.717, 1.165) is 16.6 Å². The second-order valence-electron chi connectivity index (χ2n) is 5.41. The second kappa shape index (κ2) is 7.62. The summed E-state index contributed by atoms with van der Waals surface area (Å²) >= 11 is 3.53. The average molecular weight is 348 g/mol. The van der Waals surface area contributed by atoms with Crippen molar-refractivity contribution in [3.05, 3.63) is 64.1 Å². The van der Waals surface area contributed by atoms with Gasteiger partial charge in [0.2, 0.25) is 0 Å². The highest BCUT2D eigenvalue weighted by Crippen LogP contribution is 2.24. The first kappa shape index (κ1) is 16.1. The molecule has 2 aromatic rings. The lowest BCUT2D eigenvalue weighted by atomic mass is 9.99. The smallest absolute Gasteiger partial charge is 0.120 e. The summed E-state index contributed by atoms with van der Waals surface area (Å²) in [6.45, 7) is 4.09. The number of nitrogens with one attached hydrogen (secondary N) is 1. The summed E-state index contributed by atoms with van der Waals surface area (Å²) in [5.41, 5.74) is 2.55. The largest absolute Gasteiger partial charge is 0.491 e. The van der Waals surface area contributed by atoms with Crippen molar-refractivity contribution in [1.82, 2.24) is 5.32 Å². The number of benzene rings is 2. The summed E-state index contributed by atoms with van der Waals surface area (Å²) in [5, 5.41) is 3.40. The van der Waals surface area contributed by atoms with Crippen LogP contribution in [0.5, 0.6) is 5.75 Å². The molecule has 21 heavy (non-hydrogen) atoms. The highest BCUT2D eigenvalue weighted by molar-refractivity contribution is 9.10. The Bertz CT molecular complexity index is 583. The van der Waals surface area contributed by atoms with Crippen molar-refractivity contribution >= 4 is 15.9 Å². The molecule has 0 saturated heterocycles. The fourth-order valence-electron chi connectivity index (χ4n) is 2.36. The van der Waals surface area contributed by atoms with E-state index in [1.54, 1.807) is 0 Å². The highest BCUT2D eigenvalue weighted by Gasteiger charge is 2.11. The third-order valence-corrected chi connectivity index (χ3v) is 3.80. The molecule has 0 heterocycles. The molecule has 3 heteroatoms. The fraction of sp³-hybridized carbons (Fsp3) is 0.333. The Morgan fingerprint density at radius 3 is 2.52 bits per heavy atom. The van der Waals surface area contributed by atoms with Crippen molar-refractivity contribution in [2.75, 3.05) is 7.05 Å². The standard InChI is InChI=1S/C18H22BrNO/c1-13(2)21-17-9-5-7-15(12-17)18(20-3)11-14-6-4-8-16(19)10-14/h4-10,12-13,18,20H,11H2,1-3H3. The molecular weight excluding hydrogens is 326 g/mol. The van der Waals surface area contributed by atoms with E-state index in [1.165, 1.54) is 11.1 Å². The summed E-state index contributed by atoms with van der Waals surface area (Å²) in [6, 6.07) is 17.1. The Balaban J connectivity index is 2.17. The lowest BCUT2D eigenvalue weighted by Crippen LogP contribution is -2.19. The van der Waals surface area contributed by atoms with Gasteiger partial charge < -0.3 is 10.1 Å². The van der Waals surface area contributed by atoms with Crippen LogP contribution in [-0.4, -0.2) is 13.2 Å². The maximum Gasteiger partial charge on any atom is 0.120 e. The summed E-state index contributed by atoms with van der Waals surface area (Å²) in [4.78, 5) is 0. The van der Waals surface area contributed by atoms with E-state index >= 15 is 0 Å². The molecule has 1 atom stereocenters.